The van der Waals surface area contributed by atoms with Crippen molar-refractivity contribution >= 4 is 23.0 Å². The molecule has 0 atom stereocenters. The fraction of sp³-hybridized carbons (Fsp3) is 0.517. The Hall–Kier alpha value is -3.25. The Morgan fingerprint density at radius 3 is 2.34 bits per heavy atom. The van der Waals surface area contributed by atoms with E-state index in [1.165, 1.54) is 19.1 Å². The van der Waals surface area contributed by atoms with Gasteiger partial charge in [0.05, 0.1) is 18.2 Å². The molecule has 38 heavy (non-hydrogen) atoms. The number of aryl methyl sites for hydroxylation is 2. The monoisotopic (exact) mass is 528 g/mol. The summed E-state index contributed by atoms with van der Waals surface area (Å²) >= 11 is 0. The molecule has 2 aromatic carbocycles. The third-order valence-corrected chi connectivity index (χ3v) is 7.56. The fourth-order valence-electron chi connectivity index (χ4n) is 5.33. The highest BCUT2D eigenvalue weighted by Crippen LogP contribution is 2.34. The number of hydrogen-bond donors (Lipinski definition) is 2. The number of halogens is 3. The summed E-state index contributed by atoms with van der Waals surface area (Å²) in [6.45, 7) is 12.3. The summed E-state index contributed by atoms with van der Waals surface area (Å²) in [4.78, 5) is 18.3. The molecule has 6 nitrogen and oxygen atoms in total. The summed E-state index contributed by atoms with van der Waals surface area (Å²) in [5, 5.41) is 6.32. The maximum absolute atomic E-state index is 13.2. The lowest BCUT2D eigenvalue weighted by molar-refractivity contribution is -0.138. The van der Waals surface area contributed by atoms with E-state index >= 15 is 0 Å². The first kappa shape index (κ1) is 27.8. The average molecular weight is 529 g/mol. The molecule has 2 N–H and O–H groups in total. The Bertz CT molecular complexity index is 1160. The number of alkyl halides is 3. The van der Waals surface area contributed by atoms with Crippen molar-refractivity contribution in [2.45, 2.75) is 76.7 Å². The molecule has 9 heteroatoms. The Labute approximate surface area is 222 Å². The van der Waals surface area contributed by atoms with E-state index in [9.17, 15) is 18.0 Å². The Morgan fingerprint density at radius 1 is 1.00 bits per heavy atom. The minimum atomic E-state index is -4.37. The SMILES string of the molecule is [C-]#[N+]c1ccc(N2CCC(NC(=O)COC3CCC(Nc4ccc(C)c(C(F)(F)F)c4)CC3)CC2)cc1C. The molecule has 2 aromatic rings. The van der Waals surface area contributed by atoms with Crippen LogP contribution in [0.25, 0.3) is 4.85 Å². The number of piperidine rings is 1. The number of benzene rings is 2. The molecule has 2 aliphatic rings. The van der Waals surface area contributed by atoms with E-state index in [0.29, 0.717) is 11.4 Å². The van der Waals surface area contributed by atoms with Crippen molar-refractivity contribution in [3.05, 3.63) is 64.5 Å². The van der Waals surface area contributed by atoms with Gasteiger partial charge in [-0.25, -0.2) is 4.85 Å². The van der Waals surface area contributed by atoms with Gasteiger partial charge in [0.25, 0.3) is 0 Å². The van der Waals surface area contributed by atoms with Crippen molar-refractivity contribution in [1.82, 2.24) is 5.32 Å². The summed E-state index contributed by atoms with van der Waals surface area (Å²) in [7, 11) is 0. The van der Waals surface area contributed by atoms with E-state index < -0.39 is 11.7 Å². The Morgan fingerprint density at radius 2 is 1.71 bits per heavy atom. The van der Waals surface area contributed by atoms with Gasteiger partial charge in [-0.2, -0.15) is 13.2 Å². The molecule has 2 fully saturated rings. The summed E-state index contributed by atoms with van der Waals surface area (Å²) < 4.78 is 45.4. The molecule has 1 aliphatic heterocycles. The van der Waals surface area contributed by atoms with E-state index in [4.69, 9.17) is 11.3 Å². The van der Waals surface area contributed by atoms with Gasteiger partial charge in [0.2, 0.25) is 5.91 Å². The quantitative estimate of drug-likeness (QED) is 0.409. The van der Waals surface area contributed by atoms with Gasteiger partial charge >= 0.3 is 6.18 Å². The van der Waals surface area contributed by atoms with Gasteiger partial charge in [-0.1, -0.05) is 12.1 Å². The van der Waals surface area contributed by atoms with Gasteiger partial charge in [0, 0.05) is 36.5 Å². The molecule has 0 spiro atoms. The van der Waals surface area contributed by atoms with Crippen molar-refractivity contribution in [3.8, 4) is 0 Å². The predicted molar refractivity (Wildman–Crippen MR) is 143 cm³/mol. The van der Waals surface area contributed by atoms with Crippen LogP contribution < -0.4 is 15.5 Å². The van der Waals surface area contributed by atoms with Gasteiger partial charge in [-0.05, 0) is 87.8 Å². The summed E-state index contributed by atoms with van der Waals surface area (Å²) in [5.41, 5.74) is 2.84. The lowest BCUT2D eigenvalue weighted by atomic mass is 9.92. The summed E-state index contributed by atoms with van der Waals surface area (Å²) in [5.74, 6) is -0.111. The van der Waals surface area contributed by atoms with Crippen molar-refractivity contribution in [1.29, 1.82) is 0 Å². The van der Waals surface area contributed by atoms with Gasteiger partial charge in [-0.3, -0.25) is 4.79 Å². The fourth-order valence-corrected chi connectivity index (χ4v) is 5.33. The number of carbonyl (C=O) groups excluding carboxylic acids is 1. The second-order valence-electron chi connectivity index (χ2n) is 10.4. The largest absolute Gasteiger partial charge is 0.416 e. The van der Waals surface area contributed by atoms with Gasteiger partial charge < -0.3 is 20.3 Å². The summed E-state index contributed by atoms with van der Waals surface area (Å²) in [6.07, 6.45) is 0.372. The normalized spacial score (nSPS) is 20.6. The highest BCUT2D eigenvalue weighted by atomic mass is 19.4. The lowest BCUT2D eigenvalue weighted by Crippen LogP contribution is -2.46. The maximum atomic E-state index is 13.2. The topological polar surface area (TPSA) is 58.0 Å². The van der Waals surface area contributed by atoms with E-state index in [-0.39, 0.29) is 36.3 Å². The number of carbonyl (C=O) groups is 1. The third kappa shape index (κ3) is 7.19. The van der Waals surface area contributed by atoms with Crippen LogP contribution in [-0.2, 0) is 15.7 Å². The number of hydrogen-bond acceptors (Lipinski definition) is 4. The van der Waals surface area contributed by atoms with Crippen molar-refractivity contribution in [2.24, 2.45) is 0 Å². The standard InChI is InChI=1S/C29H35F3N4O2/c1-19-4-5-23(17-26(19)29(30,31)32)34-21-6-9-25(10-7-21)38-18-28(37)35-22-12-14-36(15-13-22)24-8-11-27(33-3)20(2)16-24/h4-5,8,11,16-17,21-22,25,34H,6-7,9-10,12-15,18H2,1-2H3,(H,35,37). The zero-order valence-corrected chi connectivity index (χ0v) is 21.9. The molecule has 204 valence electrons. The van der Waals surface area contributed by atoms with Gasteiger partial charge in [-0.15, -0.1) is 0 Å². The molecule has 1 heterocycles. The van der Waals surface area contributed by atoms with Gasteiger partial charge in [0.1, 0.15) is 6.61 Å². The number of anilines is 2. The summed E-state index contributed by atoms with van der Waals surface area (Å²) in [6, 6.07) is 10.5. The molecule has 1 saturated heterocycles. The van der Waals surface area contributed by atoms with E-state index in [0.717, 1.165) is 62.9 Å². The van der Waals surface area contributed by atoms with Crippen LogP contribution >= 0.6 is 0 Å². The average Bonchev–Trinajstić information content (AvgIpc) is 2.89. The molecule has 4 rings (SSSR count). The number of rotatable bonds is 7. The van der Waals surface area contributed by atoms with E-state index in [1.54, 1.807) is 6.07 Å². The minimum Gasteiger partial charge on any atom is -0.382 e. The molecule has 1 aliphatic carbocycles. The third-order valence-electron chi connectivity index (χ3n) is 7.56. The minimum absolute atomic E-state index is 0.0210. The Balaban J connectivity index is 1.15. The molecule has 0 radical (unpaired) electrons. The van der Waals surface area contributed by atoms with Crippen LogP contribution in [0.3, 0.4) is 0 Å². The molecular formula is C29H35F3N4O2. The molecule has 1 saturated carbocycles. The first-order valence-corrected chi connectivity index (χ1v) is 13.2. The second kappa shape index (κ2) is 12.1. The van der Waals surface area contributed by atoms with Crippen LogP contribution in [0.1, 0.15) is 55.2 Å². The first-order valence-electron chi connectivity index (χ1n) is 13.2. The molecule has 0 aromatic heterocycles. The van der Waals surface area contributed by atoms with Crippen LogP contribution in [0.5, 0.6) is 0 Å². The highest BCUT2D eigenvalue weighted by Gasteiger charge is 2.33. The zero-order valence-electron chi connectivity index (χ0n) is 21.9. The molecule has 0 bridgehead atoms. The second-order valence-corrected chi connectivity index (χ2v) is 10.4. The predicted octanol–water partition coefficient (Wildman–Crippen LogP) is 6.40. The van der Waals surface area contributed by atoms with Crippen LogP contribution in [0.2, 0.25) is 0 Å². The van der Waals surface area contributed by atoms with E-state index in [1.807, 2.05) is 25.1 Å². The van der Waals surface area contributed by atoms with Crippen molar-refractivity contribution in [2.75, 3.05) is 29.9 Å². The molecule has 1 amide bonds. The van der Waals surface area contributed by atoms with Crippen LogP contribution in [0.15, 0.2) is 36.4 Å². The van der Waals surface area contributed by atoms with Crippen LogP contribution in [-0.4, -0.2) is 43.8 Å². The smallest absolute Gasteiger partial charge is 0.382 e. The molecule has 0 unspecified atom stereocenters. The van der Waals surface area contributed by atoms with Crippen LogP contribution in [0, 0.1) is 20.4 Å². The maximum Gasteiger partial charge on any atom is 0.416 e. The lowest BCUT2D eigenvalue weighted by Gasteiger charge is -2.34. The first-order chi connectivity index (χ1) is 18.1. The highest BCUT2D eigenvalue weighted by molar-refractivity contribution is 5.77. The number of nitrogens with zero attached hydrogens (tertiary/aromatic N) is 2. The number of ether oxygens (including phenoxy) is 1. The van der Waals surface area contributed by atoms with E-state index in [2.05, 4.69) is 20.4 Å². The van der Waals surface area contributed by atoms with Crippen molar-refractivity contribution < 1.29 is 22.7 Å². The van der Waals surface area contributed by atoms with Crippen molar-refractivity contribution in [3.63, 3.8) is 0 Å². The molecular weight excluding hydrogens is 493 g/mol. The number of amides is 1. The zero-order chi connectivity index (χ0) is 27.3. The Kier molecular flexibility index (Phi) is 8.83. The van der Waals surface area contributed by atoms with Crippen LogP contribution in [0.4, 0.5) is 30.2 Å². The van der Waals surface area contributed by atoms with Gasteiger partial charge in [0.15, 0.2) is 5.69 Å². The number of nitrogens with one attached hydrogen (secondary N) is 2.